The second-order valence-electron chi connectivity index (χ2n) is 5.52. The summed E-state index contributed by atoms with van der Waals surface area (Å²) in [5.74, 6) is 2.30. The Morgan fingerprint density at radius 2 is 1.71 bits per heavy atom. The predicted molar refractivity (Wildman–Crippen MR) is 72.2 cm³/mol. The van der Waals surface area contributed by atoms with E-state index >= 15 is 0 Å². The minimum Gasteiger partial charge on any atom is -0.384 e. The topological polar surface area (TPSA) is 18.5 Å². The standard InChI is InChI=1S/C15H30O2/c1-4-5-8-14(11-16-2)15(12-17-3)13-9-6-7-10-13/h13-15H,4-12H2,1-3H3. The highest BCUT2D eigenvalue weighted by Crippen LogP contribution is 2.37. The SMILES string of the molecule is CCCCC(COC)C(COC)C1CCCC1. The number of hydrogen-bond donors (Lipinski definition) is 0. The molecule has 2 nitrogen and oxygen atoms in total. The minimum atomic E-state index is 0.697. The minimum absolute atomic E-state index is 0.697. The molecule has 0 amide bonds. The van der Waals surface area contributed by atoms with E-state index in [1.54, 1.807) is 0 Å². The van der Waals surface area contributed by atoms with Crippen molar-refractivity contribution < 1.29 is 9.47 Å². The van der Waals surface area contributed by atoms with E-state index in [4.69, 9.17) is 9.47 Å². The first kappa shape index (κ1) is 15.0. The fraction of sp³-hybridized carbons (Fsp3) is 1.00. The lowest BCUT2D eigenvalue weighted by atomic mass is 9.79. The lowest BCUT2D eigenvalue weighted by Crippen LogP contribution is -2.29. The van der Waals surface area contributed by atoms with Gasteiger partial charge < -0.3 is 9.47 Å². The maximum atomic E-state index is 5.47. The van der Waals surface area contributed by atoms with E-state index in [0.717, 1.165) is 19.1 Å². The van der Waals surface area contributed by atoms with Crippen molar-refractivity contribution in [1.82, 2.24) is 0 Å². The van der Waals surface area contributed by atoms with Crippen LogP contribution in [0.1, 0.15) is 51.9 Å². The molecule has 0 bridgehead atoms. The van der Waals surface area contributed by atoms with E-state index < -0.39 is 0 Å². The van der Waals surface area contributed by atoms with Gasteiger partial charge >= 0.3 is 0 Å². The van der Waals surface area contributed by atoms with E-state index in [0.29, 0.717) is 11.8 Å². The first-order valence-electron chi connectivity index (χ1n) is 7.31. The van der Waals surface area contributed by atoms with Crippen molar-refractivity contribution in [2.75, 3.05) is 27.4 Å². The summed E-state index contributed by atoms with van der Waals surface area (Å²) >= 11 is 0. The molecule has 2 atom stereocenters. The van der Waals surface area contributed by atoms with Crippen molar-refractivity contribution >= 4 is 0 Å². The van der Waals surface area contributed by atoms with E-state index in [9.17, 15) is 0 Å². The number of rotatable bonds is 9. The molecule has 0 N–H and O–H groups in total. The molecule has 0 saturated heterocycles. The summed E-state index contributed by atoms with van der Waals surface area (Å²) < 4.78 is 10.9. The van der Waals surface area contributed by atoms with Gasteiger partial charge in [0.15, 0.2) is 0 Å². The van der Waals surface area contributed by atoms with Gasteiger partial charge in [0.1, 0.15) is 0 Å². The number of unbranched alkanes of at least 4 members (excludes halogenated alkanes) is 1. The van der Waals surface area contributed by atoms with Crippen LogP contribution < -0.4 is 0 Å². The average Bonchev–Trinajstić information content (AvgIpc) is 2.85. The van der Waals surface area contributed by atoms with Crippen LogP contribution in [0.2, 0.25) is 0 Å². The zero-order valence-electron chi connectivity index (χ0n) is 11.9. The Morgan fingerprint density at radius 1 is 1.06 bits per heavy atom. The van der Waals surface area contributed by atoms with Crippen molar-refractivity contribution in [3.8, 4) is 0 Å². The highest BCUT2D eigenvalue weighted by atomic mass is 16.5. The molecule has 0 spiro atoms. The van der Waals surface area contributed by atoms with Gasteiger partial charge in [0, 0.05) is 27.4 Å². The van der Waals surface area contributed by atoms with Gasteiger partial charge in [-0.25, -0.2) is 0 Å². The van der Waals surface area contributed by atoms with Crippen LogP contribution in [0.3, 0.4) is 0 Å². The van der Waals surface area contributed by atoms with E-state index in [1.807, 2.05) is 14.2 Å². The molecule has 1 rings (SSSR count). The zero-order valence-corrected chi connectivity index (χ0v) is 11.9. The maximum absolute atomic E-state index is 5.47. The highest BCUT2D eigenvalue weighted by molar-refractivity contribution is 4.80. The van der Waals surface area contributed by atoms with Crippen LogP contribution in [0.15, 0.2) is 0 Å². The van der Waals surface area contributed by atoms with E-state index in [-0.39, 0.29) is 0 Å². The van der Waals surface area contributed by atoms with Crippen LogP contribution in [-0.4, -0.2) is 27.4 Å². The largest absolute Gasteiger partial charge is 0.384 e. The molecule has 2 heteroatoms. The number of ether oxygens (including phenoxy) is 2. The molecule has 17 heavy (non-hydrogen) atoms. The van der Waals surface area contributed by atoms with Crippen molar-refractivity contribution in [2.24, 2.45) is 17.8 Å². The lowest BCUT2D eigenvalue weighted by molar-refractivity contribution is 0.0369. The molecule has 1 aliphatic rings. The van der Waals surface area contributed by atoms with Gasteiger partial charge in [-0.1, -0.05) is 45.4 Å². The van der Waals surface area contributed by atoms with Gasteiger partial charge in [0.2, 0.25) is 0 Å². The predicted octanol–water partition coefficient (Wildman–Crippen LogP) is 3.89. The second-order valence-corrected chi connectivity index (χ2v) is 5.52. The molecule has 102 valence electrons. The third-order valence-electron chi connectivity index (χ3n) is 4.28. The summed E-state index contributed by atoms with van der Waals surface area (Å²) in [6, 6.07) is 0. The lowest BCUT2D eigenvalue weighted by Gasteiger charge is -2.31. The zero-order chi connectivity index (χ0) is 12.5. The Kier molecular flexibility index (Phi) is 7.87. The van der Waals surface area contributed by atoms with Crippen LogP contribution in [0.4, 0.5) is 0 Å². The maximum Gasteiger partial charge on any atom is 0.0496 e. The Balaban J connectivity index is 2.54. The number of hydrogen-bond acceptors (Lipinski definition) is 2. The smallest absolute Gasteiger partial charge is 0.0496 e. The van der Waals surface area contributed by atoms with Crippen molar-refractivity contribution in [2.45, 2.75) is 51.9 Å². The monoisotopic (exact) mass is 242 g/mol. The van der Waals surface area contributed by atoms with Crippen LogP contribution in [-0.2, 0) is 9.47 Å². The van der Waals surface area contributed by atoms with Crippen LogP contribution >= 0.6 is 0 Å². The summed E-state index contributed by atoms with van der Waals surface area (Å²) in [6.45, 7) is 4.09. The molecule has 1 saturated carbocycles. The molecule has 0 aromatic heterocycles. The molecule has 1 fully saturated rings. The van der Waals surface area contributed by atoms with Crippen LogP contribution in [0.25, 0.3) is 0 Å². The average molecular weight is 242 g/mol. The van der Waals surface area contributed by atoms with Crippen molar-refractivity contribution in [1.29, 1.82) is 0 Å². The van der Waals surface area contributed by atoms with E-state index in [2.05, 4.69) is 6.92 Å². The highest BCUT2D eigenvalue weighted by Gasteiger charge is 2.31. The van der Waals surface area contributed by atoms with Gasteiger partial charge in [-0.05, 0) is 24.2 Å². The van der Waals surface area contributed by atoms with Crippen LogP contribution in [0, 0.1) is 17.8 Å². The summed E-state index contributed by atoms with van der Waals surface area (Å²) in [5.41, 5.74) is 0. The third kappa shape index (κ3) is 4.97. The Hall–Kier alpha value is -0.0800. The molecule has 2 unspecified atom stereocenters. The quantitative estimate of drug-likeness (QED) is 0.610. The summed E-state index contributed by atoms with van der Waals surface area (Å²) in [6.07, 6.45) is 9.54. The fourth-order valence-electron chi connectivity index (χ4n) is 3.34. The Morgan fingerprint density at radius 3 is 2.24 bits per heavy atom. The molecular formula is C15H30O2. The molecule has 0 aliphatic heterocycles. The third-order valence-corrected chi connectivity index (χ3v) is 4.28. The second kappa shape index (κ2) is 8.93. The first-order chi connectivity index (χ1) is 8.33. The Labute approximate surface area is 107 Å². The molecule has 0 radical (unpaired) electrons. The molecule has 0 heterocycles. The summed E-state index contributed by atoms with van der Waals surface area (Å²) in [4.78, 5) is 0. The number of methoxy groups -OCH3 is 2. The fourth-order valence-corrected chi connectivity index (χ4v) is 3.34. The molecule has 0 aromatic rings. The molecule has 0 aromatic carbocycles. The Bertz CT molecular complexity index is 176. The van der Waals surface area contributed by atoms with Gasteiger partial charge in [0.05, 0.1) is 0 Å². The van der Waals surface area contributed by atoms with Crippen LogP contribution in [0.5, 0.6) is 0 Å². The first-order valence-corrected chi connectivity index (χ1v) is 7.31. The normalized spacial score (nSPS) is 20.6. The van der Waals surface area contributed by atoms with Gasteiger partial charge in [-0.2, -0.15) is 0 Å². The van der Waals surface area contributed by atoms with Crippen molar-refractivity contribution in [3.05, 3.63) is 0 Å². The summed E-state index contributed by atoms with van der Waals surface area (Å²) in [5, 5.41) is 0. The summed E-state index contributed by atoms with van der Waals surface area (Å²) in [7, 11) is 3.67. The van der Waals surface area contributed by atoms with Gasteiger partial charge in [-0.3, -0.25) is 0 Å². The van der Waals surface area contributed by atoms with Gasteiger partial charge in [0.25, 0.3) is 0 Å². The van der Waals surface area contributed by atoms with Gasteiger partial charge in [-0.15, -0.1) is 0 Å². The van der Waals surface area contributed by atoms with E-state index in [1.165, 1.54) is 44.9 Å². The molecular weight excluding hydrogens is 212 g/mol. The van der Waals surface area contributed by atoms with Crippen molar-refractivity contribution in [3.63, 3.8) is 0 Å². The molecule has 1 aliphatic carbocycles.